The third kappa shape index (κ3) is 4.70. The standard InChI is InChI=1S/C19H16ClFN2O3S2/c1-23(12-14-9-10-18(20)27-14)19(24)13-5-4-6-15(11-13)28(25,26)22-17-8-3-2-7-16(17)21/h2-11,22H,12H2,1H3. The number of hydrogen-bond donors (Lipinski definition) is 1. The number of benzene rings is 2. The summed E-state index contributed by atoms with van der Waals surface area (Å²) in [6.07, 6.45) is 0. The second kappa shape index (κ2) is 8.30. The van der Waals surface area contributed by atoms with E-state index in [1.807, 2.05) is 6.07 Å². The van der Waals surface area contributed by atoms with Gasteiger partial charge in [0.25, 0.3) is 15.9 Å². The van der Waals surface area contributed by atoms with E-state index in [1.165, 1.54) is 58.7 Å². The van der Waals surface area contributed by atoms with Crippen molar-refractivity contribution in [1.29, 1.82) is 0 Å². The molecule has 0 unspecified atom stereocenters. The molecule has 0 atom stereocenters. The van der Waals surface area contributed by atoms with Gasteiger partial charge in [-0.3, -0.25) is 9.52 Å². The van der Waals surface area contributed by atoms with Crippen LogP contribution in [0.25, 0.3) is 0 Å². The number of hydrogen-bond acceptors (Lipinski definition) is 4. The molecule has 5 nitrogen and oxygen atoms in total. The summed E-state index contributed by atoms with van der Waals surface area (Å²) in [5.41, 5.74) is 0.0486. The maximum atomic E-state index is 13.8. The van der Waals surface area contributed by atoms with Gasteiger partial charge in [0, 0.05) is 17.5 Å². The quantitative estimate of drug-likeness (QED) is 0.611. The van der Waals surface area contributed by atoms with Gasteiger partial charge in [-0.1, -0.05) is 29.8 Å². The molecule has 1 heterocycles. The molecule has 2 aromatic carbocycles. The lowest BCUT2D eigenvalue weighted by Gasteiger charge is -2.17. The molecular formula is C19H16ClFN2O3S2. The van der Waals surface area contributed by atoms with Crippen LogP contribution in [0.5, 0.6) is 0 Å². The molecule has 3 rings (SSSR count). The summed E-state index contributed by atoms with van der Waals surface area (Å²) < 4.78 is 41.7. The fourth-order valence-corrected chi connectivity index (χ4v) is 4.76. The third-order valence-corrected chi connectivity index (χ3v) is 6.46. The van der Waals surface area contributed by atoms with Crippen LogP contribution < -0.4 is 4.72 Å². The zero-order valence-corrected chi connectivity index (χ0v) is 17.1. The Balaban J connectivity index is 1.81. The third-order valence-electron chi connectivity index (χ3n) is 3.88. The van der Waals surface area contributed by atoms with Gasteiger partial charge in [-0.15, -0.1) is 11.3 Å². The Morgan fingerprint density at radius 1 is 1.14 bits per heavy atom. The van der Waals surface area contributed by atoms with Crippen LogP contribution in [0.1, 0.15) is 15.2 Å². The van der Waals surface area contributed by atoms with Gasteiger partial charge in [-0.2, -0.15) is 0 Å². The van der Waals surface area contributed by atoms with E-state index in [1.54, 1.807) is 13.1 Å². The first-order valence-corrected chi connectivity index (χ1v) is 10.8. The molecule has 0 fully saturated rings. The van der Waals surface area contributed by atoms with Gasteiger partial charge >= 0.3 is 0 Å². The topological polar surface area (TPSA) is 66.5 Å². The molecule has 0 aliphatic carbocycles. The summed E-state index contributed by atoms with van der Waals surface area (Å²) in [6, 6.07) is 14.7. The molecule has 0 spiro atoms. The number of para-hydroxylation sites is 1. The van der Waals surface area contributed by atoms with Crippen molar-refractivity contribution in [3.8, 4) is 0 Å². The number of sulfonamides is 1. The SMILES string of the molecule is CN(Cc1ccc(Cl)s1)C(=O)c1cccc(S(=O)(=O)Nc2ccccc2F)c1. The minimum Gasteiger partial charge on any atom is -0.337 e. The molecule has 0 radical (unpaired) electrons. The largest absolute Gasteiger partial charge is 0.337 e. The number of rotatable bonds is 6. The van der Waals surface area contributed by atoms with E-state index in [2.05, 4.69) is 4.72 Å². The van der Waals surface area contributed by atoms with Crippen molar-refractivity contribution in [2.75, 3.05) is 11.8 Å². The van der Waals surface area contributed by atoms with Crippen LogP contribution in [0.15, 0.2) is 65.6 Å². The van der Waals surface area contributed by atoms with Gasteiger partial charge in [0.2, 0.25) is 0 Å². The lowest BCUT2D eigenvalue weighted by atomic mass is 10.2. The van der Waals surface area contributed by atoms with Crippen LogP contribution >= 0.6 is 22.9 Å². The van der Waals surface area contributed by atoms with Crippen molar-refractivity contribution in [2.45, 2.75) is 11.4 Å². The summed E-state index contributed by atoms with van der Waals surface area (Å²) in [7, 11) is -2.43. The zero-order chi connectivity index (χ0) is 20.3. The average molecular weight is 439 g/mol. The lowest BCUT2D eigenvalue weighted by Crippen LogP contribution is -2.26. The Kier molecular flexibility index (Phi) is 6.02. The van der Waals surface area contributed by atoms with Gasteiger partial charge in [-0.25, -0.2) is 12.8 Å². The number of anilines is 1. The van der Waals surface area contributed by atoms with Gasteiger partial charge in [0.15, 0.2) is 0 Å². The van der Waals surface area contributed by atoms with Gasteiger partial charge in [0.05, 0.1) is 21.5 Å². The van der Waals surface area contributed by atoms with Crippen molar-refractivity contribution in [3.05, 3.63) is 81.3 Å². The van der Waals surface area contributed by atoms with Crippen LogP contribution in [-0.2, 0) is 16.6 Å². The summed E-state index contributed by atoms with van der Waals surface area (Å²) in [6.45, 7) is 0.348. The van der Waals surface area contributed by atoms with Crippen molar-refractivity contribution in [3.63, 3.8) is 0 Å². The molecule has 0 saturated carbocycles. The minimum absolute atomic E-state index is 0.130. The summed E-state index contributed by atoms with van der Waals surface area (Å²) in [5.74, 6) is -1.03. The second-order valence-corrected chi connectivity index (χ2v) is 9.46. The Hall–Kier alpha value is -2.42. The van der Waals surface area contributed by atoms with E-state index in [0.717, 1.165) is 10.9 Å². The van der Waals surface area contributed by atoms with E-state index < -0.39 is 15.8 Å². The second-order valence-electron chi connectivity index (χ2n) is 5.98. The van der Waals surface area contributed by atoms with Gasteiger partial charge in [-0.05, 0) is 42.5 Å². The van der Waals surface area contributed by atoms with E-state index in [4.69, 9.17) is 11.6 Å². The van der Waals surface area contributed by atoms with Gasteiger partial charge < -0.3 is 4.90 Å². The summed E-state index contributed by atoms with van der Waals surface area (Å²) >= 11 is 7.27. The monoisotopic (exact) mass is 438 g/mol. The van der Waals surface area contributed by atoms with E-state index in [0.29, 0.717) is 10.9 Å². The normalized spacial score (nSPS) is 11.2. The van der Waals surface area contributed by atoms with Gasteiger partial charge in [0.1, 0.15) is 5.82 Å². The van der Waals surface area contributed by atoms with Crippen LogP contribution in [0.4, 0.5) is 10.1 Å². The molecule has 0 saturated heterocycles. The first-order chi connectivity index (χ1) is 13.3. The fourth-order valence-electron chi connectivity index (χ4n) is 2.51. The van der Waals surface area contributed by atoms with Crippen molar-refractivity contribution in [1.82, 2.24) is 4.90 Å². The van der Waals surface area contributed by atoms with E-state index >= 15 is 0 Å². The van der Waals surface area contributed by atoms with Crippen LogP contribution in [0.3, 0.4) is 0 Å². The Bertz CT molecular complexity index is 1120. The van der Waals surface area contributed by atoms with E-state index in [9.17, 15) is 17.6 Å². The summed E-state index contributed by atoms with van der Waals surface area (Å²) in [5, 5.41) is 0. The number of thiophene rings is 1. The number of carbonyl (C=O) groups is 1. The van der Waals surface area contributed by atoms with Crippen molar-refractivity contribution >= 4 is 44.6 Å². The highest BCUT2D eigenvalue weighted by molar-refractivity contribution is 7.92. The Labute approximate surface area is 171 Å². The maximum absolute atomic E-state index is 13.8. The number of halogens is 2. The first-order valence-electron chi connectivity index (χ1n) is 8.13. The Morgan fingerprint density at radius 3 is 2.57 bits per heavy atom. The molecule has 0 aliphatic rings. The molecule has 28 heavy (non-hydrogen) atoms. The predicted molar refractivity (Wildman–Crippen MR) is 109 cm³/mol. The van der Waals surface area contributed by atoms with Crippen LogP contribution in [0.2, 0.25) is 4.34 Å². The molecule has 9 heteroatoms. The predicted octanol–water partition coefficient (Wildman–Crippen LogP) is 4.61. The molecule has 3 aromatic rings. The number of amides is 1. The Morgan fingerprint density at radius 2 is 1.89 bits per heavy atom. The minimum atomic E-state index is -4.05. The maximum Gasteiger partial charge on any atom is 0.262 e. The number of nitrogens with one attached hydrogen (secondary N) is 1. The molecule has 1 N–H and O–H groups in total. The molecule has 0 bridgehead atoms. The highest BCUT2D eigenvalue weighted by atomic mass is 35.5. The highest BCUT2D eigenvalue weighted by Gasteiger charge is 2.19. The highest BCUT2D eigenvalue weighted by Crippen LogP contribution is 2.24. The lowest BCUT2D eigenvalue weighted by molar-refractivity contribution is 0.0786. The molecule has 1 amide bonds. The average Bonchev–Trinajstić information content (AvgIpc) is 3.07. The number of carbonyl (C=O) groups excluding carboxylic acids is 1. The number of nitrogens with zero attached hydrogens (tertiary/aromatic N) is 1. The molecular weight excluding hydrogens is 423 g/mol. The molecule has 0 aliphatic heterocycles. The van der Waals surface area contributed by atoms with Crippen molar-refractivity contribution < 1.29 is 17.6 Å². The van der Waals surface area contributed by atoms with Crippen LogP contribution in [0, 0.1) is 5.82 Å². The smallest absolute Gasteiger partial charge is 0.262 e. The van der Waals surface area contributed by atoms with Crippen LogP contribution in [-0.4, -0.2) is 26.3 Å². The molecule has 146 valence electrons. The molecule has 1 aromatic heterocycles. The van der Waals surface area contributed by atoms with E-state index in [-0.39, 0.29) is 22.1 Å². The first kappa shape index (κ1) is 20.3. The summed E-state index contributed by atoms with van der Waals surface area (Å²) in [4.78, 5) is 14.9. The fraction of sp³-hybridized carbons (Fsp3) is 0.105. The zero-order valence-electron chi connectivity index (χ0n) is 14.7. The van der Waals surface area contributed by atoms with Crippen molar-refractivity contribution in [2.24, 2.45) is 0 Å².